The Kier molecular flexibility index (Phi) is 5.27. The van der Waals surface area contributed by atoms with Gasteiger partial charge in [0.2, 0.25) is 5.91 Å². The fourth-order valence-electron chi connectivity index (χ4n) is 2.58. The van der Waals surface area contributed by atoms with Crippen molar-refractivity contribution in [1.29, 1.82) is 0 Å². The third-order valence-corrected chi connectivity index (χ3v) is 3.83. The van der Waals surface area contributed by atoms with Crippen molar-refractivity contribution in [2.24, 2.45) is 0 Å². The quantitative estimate of drug-likeness (QED) is 0.665. The highest BCUT2D eigenvalue weighted by atomic mass is 16.6. The van der Waals surface area contributed by atoms with Crippen LogP contribution < -0.4 is 5.32 Å². The number of nitro groups is 1. The molecule has 1 saturated heterocycles. The first-order valence-electron chi connectivity index (χ1n) is 7.34. The van der Waals surface area contributed by atoms with E-state index in [1.165, 1.54) is 12.5 Å². The number of carbonyl (C=O) groups is 1. The lowest BCUT2D eigenvalue weighted by molar-refractivity contribution is -0.385. The number of carbonyl (C=O) groups excluding carboxylic acids is 1. The van der Waals surface area contributed by atoms with Crippen LogP contribution in [0.2, 0.25) is 0 Å². The monoisotopic (exact) mass is 291 g/mol. The minimum absolute atomic E-state index is 0.0771. The van der Waals surface area contributed by atoms with Crippen LogP contribution in [-0.4, -0.2) is 34.9 Å². The number of piperidine rings is 1. The Hall–Kier alpha value is -1.95. The van der Waals surface area contributed by atoms with E-state index in [1.807, 2.05) is 11.8 Å². The summed E-state index contributed by atoms with van der Waals surface area (Å²) in [4.78, 5) is 24.7. The zero-order chi connectivity index (χ0) is 15.2. The van der Waals surface area contributed by atoms with Crippen LogP contribution in [0.3, 0.4) is 0 Å². The zero-order valence-corrected chi connectivity index (χ0v) is 12.2. The van der Waals surface area contributed by atoms with E-state index < -0.39 is 4.92 Å². The number of benzene rings is 1. The Morgan fingerprint density at radius 2 is 2.00 bits per heavy atom. The van der Waals surface area contributed by atoms with Crippen LogP contribution in [-0.2, 0) is 11.3 Å². The highest BCUT2D eigenvalue weighted by Gasteiger charge is 2.22. The lowest BCUT2D eigenvalue weighted by Gasteiger charge is -2.29. The van der Waals surface area contributed by atoms with Gasteiger partial charge in [-0.2, -0.15) is 0 Å². The largest absolute Gasteiger partial charge is 0.341 e. The van der Waals surface area contributed by atoms with Crippen LogP contribution in [0.15, 0.2) is 24.3 Å². The number of nitrogens with zero attached hydrogens (tertiary/aromatic N) is 2. The molecular weight excluding hydrogens is 270 g/mol. The van der Waals surface area contributed by atoms with Gasteiger partial charge < -0.3 is 10.2 Å². The lowest BCUT2D eigenvalue weighted by atomic mass is 10.1. The van der Waals surface area contributed by atoms with E-state index in [1.54, 1.807) is 18.2 Å². The van der Waals surface area contributed by atoms with E-state index in [2.05, 4.69) is 5.32 Å². The minimum Gasteiger partial charge on any atom is -0.341 e. The summed E-state index contributed by atoms with van der Waals surface area (Å²) in [5.41, 5.74) is 0.684. The molecule has 6 nitrogen and oxygen atoms in total. The van der Waals surface area contributed by atoms with Crippen molar-refractivity contribution in [1.82, 2.24) is 10.2 Å². The average molecular weight is 291 g/mol. The Balaban J connectivity index is 1.93. The molecule has 1 atom stereocenters. The van der Waals surface area contributed by atoms with Gasteiger partial charge >= 0.3 is 0 Å². The maximum Gasteiger partial charge on any atom is 0.273 e. The molecule has 1 N–H and O–H groups in total. The van der Waals surface area contributed by atoms with Crippen molar-refractivity contribution in [3.63, 3.8) is 0 Å². The summed E-state index contributed by atoms with van der Waals surface area (Å²) >= 11 is 0. The van der Waals surface area contributed by atoms with Crippen LogP contribution >= 0.6 is 0 Å². The third kappa shape index (κ3) is 4.01. The van der Waals surface area contributed by atoms with Gasteiger partial charge in [-0.25, -0.2) is 0 Å². The number of amides is 1. The second-order valence-electron chi connectivity index (χ2n) is 5.37. The Labute approximate surface area is 124 Å². The zero-order valence-electron chi connectivity index (χ0n) is 12.2. The van der Waals surface area contributed by atoms with Gasteiger partial charge in [0.25, 0.3) is 5.69 Å². The molecule has 1 aliphatic heterocycles. The molecular formula is C15H21N3O3. The normalized spacial score (nSPS) is 16.5. The number of likely N-dealkylation sites (tertiary alicyclic amines) is 1. The molecule has 0 saturated carbocycles. The molecule has 1 amide bonds. The molecule has 0 radical (unpaired) electrons. The summed E-state index contributed by atoms with van der Waals surface area (Å²) in [6.07, 6.45) is 3.30. The summed E-state index contributed by atoms with van der Waals surface area (Å²) in [7, 11) is 0. The van der Waals surface area contributed by atoms with Gasteiger partial charge in [-0.1, -0.05) is 18.2 Å². The van der Waals surface area contributed by atoms with Crippen molar-refractivity contribution in [3.05, 3.63) is 39.9 Å². The number of nitro benzene ring substituents is 1. The predicted octanol–water partition coefficient (Wildman–Crippen LogP) is 2.09. The van der Waals surface area contributed by atoms with Gasteiger partial charge in [0.1, 0.15) is 0 Å². The molecule has 0 aromatic heterocycles. The molecule has 21 heavy (non-hydrogen) atoms. The van der Waals surface area contributed by atoms with Crippen LogP contribution in [0.5, 0.6) is 0 Å². The van der Waals surface area contributed by atoms with E-state index in [0.717, 1.165) is 25.9 Å². The van der Waals surface area contributed by atoms with E-state index in [0.29, 0.717) is 12.1 Å². The van der Waals surface area contributed by atoms with Crippen molar-refractivity contribution < 1.29 is 9.72 Å². The number of hydrogen-bond donors (Lipinski definition) is 1. The molecule has 6 heteroatoms. The Morgan fingerprint density at radius 1 is 1.33 bits per heavy atom. The third-order valence-electron chi connectivity index (χ3n) is 3.83. The maximum absolute atomic E-state index is 12.3. The van der Waals surface area contributed by atoms with Crippen LogP contribution in [0.1, 0.15) is 31.7 Å². The topological polar surface area (TPSA) is 75.5 Å². The first-order chi connectivity index (χ1) is 10.1. The molecule has 1 heterocycles. The van der Waals surface area contributed by atoms with Gasteiger partial charge in [-0.3, -0.25) is 14.9 Å². The summed E-state index contributed by atoms with van der Waals surface area (Å²) in [6.45, 7) is 3.76. The van der Waals surface area contributed by atoms with E-state index >= 15 is 0 Å². The van der Waals surface area contributed by atoms with Crippen LogP contribution in [0.25, 0.3) is 0 Å². The van der Waals surface area contributed by atoms with Crippen LogP contribution in [0, 0.1) is 10.1 Å². The smallest absolute Gasteiger partial charge is 0.273 e. The van der Waals surface area contributed by atoms with Crippen molar-refractivity contribution >= 4 is 11.6 Å². The average Bonchev–Trinajstić information content (AvgIpc) is 2.52. The van der Waals surface area contributed by atoms with E-state index in [9.17, 15) is 14.9 Å². The molecule has 0 aliphatic carbocycles. The first-order valence-corrected chi connectivity index (χ1v) is 7.34. The summed E-state index contributed by atoms with van der Waals surface area (Å²) < 4.78 is 0. The molecule has 114 valence electrons. The minimum atomic E-state index is -0.395. The number of nitrogens with one attached hydrogen (secondary N) is 1. The maximum atomic E-state index is 12.3. The second-order valence-corrected chi connectivity index (χ2v) is 5.37. The van der Waals surface area contributed by atoms with Gasteiger partial charge in [-0.05, 0) is 26.2 Å². The summed E-state index contributed by atoms with van der Waals surface area (Å²) in [5, 5.41) is 14.0. The molecule has 1 fully saturated rings. The number of rotatable bonds is 5. The highest BCUT2D eigenvalue weighted by molar-refractivity contribution is 5.81. The summed E-state index contributed by atoms with van der Waals surface area (Å²) in [5.74, 6) is 0.0771. The fourth-order valence-corrected chi connectivity index (χ4v) is 2.58. The molecule has 1 unspecified atom stereocenters. The fraction of sp³-hybridized carbons (Fsp3) is 0.533. The first kappa shape index (κ1) is 15.4. The molecule has 0 bridgehead atoms. The Morgan fingerprint density at radius 3 is 2.67 bits per heavy atom. The summed E-state index contributed by atoms with van der Waals surface area (Å²) in [6, 6.07) is 6.27. The predicted molar refractivity (Wildman–Crippen MR) is 79.8 cm³/mol. The molecule has 2 rings (SSSR count). The second kappa shape index (κ2) is 7.17. The van der Waals surface area contributed by atoms with Crippen molar-refractivity contribution in [3.8, 4) is 0 Å². The van der Waals surface area contributed by atoms with Crippen molar-refractivity contribution in [2.75, 3.05) is 13.1 Å². The molecule has 1 aromatic rings. The van der Waals surface area contributed by atoms with Gasteiger partial charge in [0.15, 0.2) is 0 Å². The van der Waals surface area contributed by atoms with Crippen LogP contribution in [0.4, 0.5) is 5.69 Å². The highest BCUT2D eigenvalue weighted by Crippen LogP contribution is 2.17. The van der Waals surface area contributed by atoms with Crippen molar-refractivity contribution in [2.45, 2.75) is 38.8 Å². The standard InChI is InChI=1S/C15H21N3O3/c1-12(15(19)17-9-5-2-6-10-17)16-11-13-7-3-4-8-14(13)18(20)21/h3-4,7-8,12,16H,2,5-6,9-11H2,1H3. The number of para-hydroxylation sites is 1. The molecule has 1 aromatic carbocycles. The Bertz CT molecular complexity index is 513. The number of hydrogen-bond acceptors (Lipinski definition) is 4. The molecule has 1 aliphatic rings. The van der Waals surface area contributed by atoms with Gasteiger partial charge in [0.05, 0.1) is 11.0 Å². The van der Waals surface area contributed by atoms with Gasteiger partial charge in [0, 0.05) is 31.3 Å². The van der Waals surface area contributed by atoms with E-state index in [-0.39, 0.29) is 17.6 Å². The molecule has 0 spiro atoms. The van der Waals surface area contributed by atoms with Gasteiger partial charge in [-0.15, -0.1) is 0 Å². The lowest BCUT2D eigenvalue weighted by Crippen LogP contribution is -2.46. The SMILES string of the molecule is CC(NCc1ccccc1[N+](=O)[O-])C(=O)N1CCCCC1. The van der Waals surface area contributed by atoms with E-state index in [4.69, 9.17) is 0 Å².